The SMILES string of the molecule is CC1(C(=O)NC2CCCCC2)CCC2(C)CCC3(C)C4(C)CCC5C(C)(C)C(=O)C=CC5(C)C4=CC(=O)C3(O)C2C1. The topological polar surface area (TPSA) is 83.5 Å². The molecule has 5 nitrogen and oxygen atoms in total. The summed E-state index contributed by atoms with van der Waals surface area (Å²) in [5.74, 6) is -0.0667. The van der Waals surface area contributed by atoms with E-state index in [-0.39, 0.29) is 46.2 Å². The molecule has 0 spiro atoms. The van der Waals surface area contributed by atoms with E-state index in [0.717, 1.165) is 56.9 Å². The lowest BCUT2D eigenvalue weighted by Gasteiger charge is -2.71. The van der Waals surface area contributed by atoms with Crippen molar-refractivity contribution in [3.8, 4) is 0 Å². The molecule has 2 N–H and O–H groups in total. The monoisotopic (exact) mass is 563 g/mol. The second-order valence-corrected chi connectivity index (χ2v) is 16.9. The first-order valence-electron chi connectivity index (χ1n) is 16.5. The Morgan fingerprint density at radius 2 is 1.49 bits per heavy atom. The highest BCUT2D eigenvalue weighted by Crippen LogP contribution is 2.75. The van der Waals surface area contributed by atoms with Gasteiger partial charge >= 0.3 is 0 Å². The Balaban J connectivity index is 1.41. The van der Waals surface area contributed by atoms with Gasteiger partial charge in [0.15, 0.2) is 11.6 Å². The normalized spacial score (nSPS) is 49.2. The van der Waals surface area contributed by atoms with Gasteiger partial charge in [0, 0.05) is 33.6 Å². The van der Waals surface area contributed by atoms with Crippen LogP contribution in [0.5, 0.6) is 0 Å². The van der Waals surface area contributed by atoms with Gasteiger partial charge in [-0.2, -0.15) is 0 Å². The zero-order chi connectivity index (χ0) is 29.9. The lowest BCUT2D eigenvalue weighted by Crippen LogP contribution is -2.74. The van der Waals surface area contributed by atoms with Crippen molar-refractivity contribution in [1.82, 2.24) is 5.32 Å². The Bertz CT molecular complexity index is 1240. The van der Waals surface area contributed by atoms with Gasteiger partial charge in [-0.05, 0) is 92.3 Å². The number of nitrogens with one attached hydrogen (secondary N) is 1. The zero-order valence-electron chi connectivity index (χ0n) is 26.6. The number of hydrogen-bond acceptors (Lipinski definition) is 4. The molecule has 8 unspecified atom stereocenters. The van der Waals surface area contributed by atoms with Crippen LogP contribution in [-0.4, -0.2) is 34.2 Å². The molecule has 0 aromatic carbocycles. The fourth-order valence-electron chi connectivity index (χ4n) is 11.3. The average molecular weight is 564 g/mol. The quantitative estimate of drug-likeness (QED) is 0.384. The van der Waals surface area contributed by atoms with Crippen molar-refractivity contribution in [3.63, 3.8) is 0 Å². The molecule has 41 heavy (non-hydrogen) atoms. The molecule has 0 aromatic rings. The smallest absolute Gasteiger partial charge is 0.226 e. The maximum atomic E-state index is 14.6. The van der Waals surface area contributed by atoms with Crippen LogP contribution in [0.4, 0.5) is 0 Å². The predicted octanol–water partition coefficient (Wildman–Crippen LogP) is 6.88. The Morgan fingerprint density at radius 3 is 2.17 bits per heavy atom. The van der Waals surface area contributed by atoms with Crippen molar-refractivity contribution < 1.29 is 19.5 Å². The summed E-state index contributed by atoms with van der Waals surface area (Å²) < 4.78 is 0. The van der Waals surface area contributed by atoms with Gasteiger partial charge in [-0.25, -0.2) is 0 Å². The maximum absolute atomic E-state index is 14.6. The Labute approximate surface area is 247 Å². The second-order valence-electron chi connectivity index (χ2n) is 16.9. The van der Waals surface area contributed by atoms with Crippen LogP contribution in [0, 0.1) is 44.3 Å². The van der Waals surface area contributed by atoms with Gasteiger partial charge in [0.25, 0.3) is 0 Å². The van der Waals surface area contributed by atoms with E-state index >= 15 is 0 Å². The van der Waals surface area contributed by atoms with Crippen LogP contribution in [0.15, 0.2) is 23.8 Å². The van der Waals surface area contributed by atoms with Crippen molar-refractivity contribution in [2.75, 3.05) is 0 Å². The molecular formula is C36H53NO4. The summed E-state index contributed by atoms with van der Waals surface area (Å²) in [6.45, 7) is 15.1. The highest BCUT2D eigenvalue weighted by atomic mass is 16.3. The minimum absolute atomic E-state index is 0.111. The molecule has 0 saturated heterocycles. The van der Waals surface area contributed by atoms with E-state index in [9.17, 15) is 19.5 Å². The van der Waals surface area contributed by atoms with Crippen LogP contribution in [0.3, 0.4) is 0 Å². The molecule has 4 fully saturated rings. The Kier molecular flexibility index (Phi) is 6.36. The predicted molar refractivity (Wildman–Crippen MR) is 161 cm³/mol. The van der Waals surface area contributed by atoms with Crippen molar-refractivity contribution in [2.45, 2.75) is 137 Å². The third-order valence-electron chi connectivity index (χ3n) is 14.6. The molecular weight excluding hydrogens is 510 g/mol. The fourth-order valence-corrected chi connectivity index (χ4v) is 11.3. The number of amides is 1. The van der Waals surface area contributed by atoms with E-state index in [4.69, 9.17) is 0 Å². The van der Waals surface area contributed by atoms with Crippen LogP contribution >= 0.6 is 0 Å². The third-order valence-corrected chi connectivity index (χ3v) is 14.6. The number of carbonyl (C=O) groups is 3. The molecule has 0 aliphatic heterocycles. The molecule has 0 aromatic heterocycles. The minimum atomic E-state index is -1.53. The summed E-state index contributed by atoms with van der Waals surface area (Å²) in [5, 5.41) is 16.4. The van der Waals surface area contributed by atoms with Gasteiger partial charge in [-0.15, -0.1) is 0 Å². The molecule has 0 radical (unpaired) electrons. The highest BCUT2D eigenvalue weighted by molar-refractivity contribution is 6.01. The molecule has 5 heteroatoms. The first-order valence-corrected chi connectivity index (χ1v) is 16.5. The number of carbonyl (C=O) groups excluding carboxylic acids is 3. The minimum Gasteiger partial charge on any atom is -0.381 e. The van der Waals surface area contributed by atoms with Gasteiger partial charge in [0.1, 0.15) is 5.60 Å². The Morgan fingerprint density at radius 1 is 0.829 bits per heavy atom. The van der Waals surface area contributed by atoms with E-state index in [1.807, 2.05) is 6.08 Å². The fraction of sp³-hybridized carbons (Fsp3) is 0.806. The van der Waals surface area contributed by atoms with Crippen molar-refractivity contribution in [1.29, 1.82) is 0 Å². The molecule has 4 saturated carbocycles. The number of rotatable bonds is 2. The van der Waals surface area contributed by atoms with E-state index < -0.39 is 27.3 Å². The van der Waals surface area contributed by atoms with Gasteiger partial charge < -0.3 is 10.4 Å². The maximum Gasteiger partial charge on any atom is 0.226 e. The molecule has 0 heterocycles. The van der Waals surface area contributed by atoms with Crippen molar-refractivity contribution in [3.05, 3.63) is 23.8 Å². The lowest BCUT2D eigenvalue weighted by atomic mass is 9.33. The van der Waals surface area contributed by atoms with Gasteiger partial charge in [-0.3, -0.25) is 14.4 Å². The second kappa shape index (κ2) is 8.89. The molecule has 1 amide bonds. The van der Waals surface area contributed by atoms with E-state index in [0.29, 0.717) is 6.42 Å². The molecule has 6 rings (SSSR count). The lowest BCUT2D eigenvalue weighted by molar-refractivity contribution is -0.242. The van der Waals surface area contributed by atoms with E-state index in [1.165, 1.54) is 19.3 Å². The first kappa shape index (κ1) is 29.3. The Hall–Kier alpha value is -1.75. The first-order chi connectivity index (χ1) is 19.0. The van der Waals surface area contributed by atoms with Gasteiger partial charge in [0.2, 0.25) is 5.91 Å². The summed E-state index contributed by atoms with van der Waals surface area (Å²) in [4.78, 5) is 41.4. The summed E-state index contributed by atoms with van der Waals surface area (Å²) in [5.41, 5.74) is -3.15. The molecule has 6 aliphatic rings. The molecule has 6 aliphatic carbocycles. The molecule has 8 atom stereocenters. The van der Waals surface area contributed by atoms with Crippen molar-refractivity contribution in [2.24, 2.45) is 44.3 Å². The summed E-state index contributed by atoms with van der Waals surface area (Å²) >= 11 is 0. The average Bonchev–Trinajstić information content (AvgIpc) is 2.92. The van der Waals surface area contributed by atoms with E-state index in [1.54, 1.807) is 6.08 Å². The number of allylic oxidation sites excluding steroid dienone is 3. The van der Waals surface area contributed by atoms with Gasteiger partial charge in [0.05, 0.1) is 0 Å². The highest BCUT2D eigenvalue weighted by Gasteiger charge is 2.75. The number of ketones is 2. The summed E-state index contributed by atoms with van der Waals surface area (Å²) in [7, 11) is 0. The van der Waals surface area contributed by atoms with Crippen LogP contribution in [-0.2, 0) is 14.4 Å². The third kappa shape index (κ3) is 3.66. The number of fused-ring (bicyclic) bond motifs is 7. The number of aliphatic hydroxyl groups is 1. The van der Waals surface area contributed by atoms with E-state index in [2.05, 4.69) is 59.9 Å². The van der Waals surface area contributed by atoms with Crippen LogP contribution < -0.4 is 5.32 Å². The summed E-state index contributed by atoms with van der Waals surface area (Å²) in [6, 6.07) is 0.248. The van der Waals surface area contributed by atoms with Crippen molar-refractivity contribution >= 4 is 17.5 Å². The molecule has 0 bridgehead atoms. The van der Waals surface area contributed by atoms with Crippen LogP contribution in [0.2, 0.25) is 0 Å². The zero-order valence-corrected chi connectivity index (χ0v) is 26.6. The van der Waals surface area contributed by atoms with Crippen LogP contribution in [0.1, 0.15) is 126 Å². The standard InChI is InChI=1S/C36H53NO4/c1-30(2)24-13-16-34(6)25(33(24,5)15-14-27(30)38)21-28(39)36(41)26-22-32(4,29(40)37-23-11-9-8-10-12-23)18-17-31(26,3)19-20-35(34,36)7/h14-15,21,23-24,26,41H,8-13,16-20,22H2,1-7H3,(H,37,40). The van der Waals surface area contributed by atoms with Crippen LogP contribution in [0.25, 0.3) is 0 Å². The summed E-state index contributed by atoms with van der Waals surface area (Å²) in [6.07, 6.45) is 17.0. The number of hydrogen-bond donors (Lipinski definition) is 2. The largest absolute Gasteiger partial charge is 0.381 e. The molecule has 226 valence electrons. The van der Waals surface area contributed by atoms with Gasteiger partial charge in [-0.1, -0.05) is 73.8 Å².